The molecule has 0 aliphatic carbocycles. The number of thioether (sulfide) groups is 1. The van der Waals surface area contributed by atoms with Gasteiger partial charge >= 0.3 is 12.0 Å². The van der Waals surface area contributed by atoms with Crippen LogP contribution in [0.4, 0.5) is 4.79 Å². The Kier molecular flexibility index (Phi) is 4.60. The zero-order valence-electron chi connectivity index (χ0n) is 11.5. The maximum atomic E-state index is 12.6. The topological polar surface area (TPSA) is 60.9 Å². The van der Waals surface area contributed by atoms with Crippen LogP contribution in [0.3, 0.4) is 0 Å². The molecule has 0 radical (unpaired) electrons. The number of hydrogen-bond acceptors (Lipinski definition) is 3. The number of urea groups is 1. The molecule has 2 heterocycles. The molecule has 0 aromatic carbocycles. The standard InChI is InChI=1S/C13H22N2O3S/c1-3-11-15(10(8-19-11)12(16)17)13(18)14-6-4-9(2)5-7-14/h9-11H,3-8H2,1-2H3,(H,16,17). The van der Waals surface area contributed by atoms with Crippen LogP contribution in [-0.2, 0) is 4.79 Å². The molecule has 0 aromatic heterocycles. The monoisotopic (exact) mass is 286 g/mol. The van der Waals surface area contributed by atoms with Gasteiger partial charge in [0.1, 0.15) is 6.04 Å². The molecule has 0 bridgehead atoms. The summed E-state index contributed by atoms with van der Waals surface area (Å²) in [7, 11) is 0. The van der Waals surface area contributed by atoms with Crippen molar-refractivity contribution in [3.8, 4) is 0 Å². The molecule has 5 nitrogen and oxygen atoms in total. The van der Waals surface area contributed by atoms with Gasteiger partial charge in [-0.25, -0.2) is 9.59 Å². The molecule has 2 aliphatic heterocycles. The van der Waals surface area contributed by atoms with Crippen LogP contribution in [0.2, 0.25) is 0 Å². The normalized spacial score (nSPS) is 28.7. The van der Waals surface area contributed by atoms with Crippen LogP contribution in [0.15, 0.2) is 0 Å². The van der Waals surface area contributed by atoms with Crippen molar-refractivity contribution in [2.75, 3.05) is 18.8 Å². The van der Waals surface area contributed by atoms with Crippen LogP contribution < -0.4 is 0 Å². The van der Waals surface area contributed by atoms with Crippen LogP contribution in [0.5, 0.6) is 0 Å². The molecule has 0 aromatic rings. The van der Waals surface area contributed by atoms with Gasteiger partial charge in [0.15, 0.2) is 0 Å². The number of rotatable bonds is 2. The lowest BCUT2D eigenvalue weighted by molar-refractivity contribution is -0.141. The summed E-state index contributed by atoms with van der Waals surface area (Å²) >= 11 is 1.58. The van der Waals surface area contributed by atoms with E-state index in [1.165, 1.54) is 0 Å². The van der Waals surface area contributed by atoms with Gasteiger partial charge in [-0.15, -0.1) is 11.8 Å². The van der Waals surface area contributed by atoms with E-state index in [9.17, 15) is 14.7 Å². The molecule has 2 amide bonds. The summed E-state index contributed by atoms with van der Waals surface area (Å²) in [5.74, 6) is 0.278. The number of nitrogens with zero attached hydrogens (tertiary/aromatic N) is 2. The Morgan fingerprint density at radius 2 is 1.95 bits per heavy atom. The molecule has 0 saturated carbocycles. The summed E-state index contributed by atoms with van der Waals surface area (Å²) in [6.07, 6.45) is 2.83. The van der Waals surface area contributed by atoms with Gasteiger partial charge in [-0.05, 0) is 25.2 Å². The first-order valence-electron chi connectivity index (χ1n) is 6.96. The Labute approximate surface area is 118 Å². The molecule has 2 fully saturated rings. The van der Waals surface area contributed by atoms with Crippen molar-refractivity contribution in [2.24, 2.45) is 5.92 Å². The predicted octanol–water partition coefficient (Wildman–Crippen LogP) is 2.08. The van der Waals surface area contributed by atoms with Crippen LogP contribution in [0.1, 0.15) is 33.1 Å². The Morgan fingerprint density at radius 3 is 2.47 bits per heavy atom. The molecule has 19 heavy (non-hydrogen) atoms. The van der Waals surface area contributed by atoms with Gasteiger partial charge in [0.2, 0.25) is 0 Å². The highest BCUT2D eigenvalue weighted by Crippen LogP contribution is 2.33. The van der Waals surface area contributed by atoms with Crippen LogP contribution in [-0.4, -0.2) is 57.2 Å². The van der Waals surface area contributed by atoms with Crippen LogP contribution in [0, 0.1) is 5.92 Å². The first kappa shape index (κ1) is 14.5. The van der Waals surface area contributed by atoms with E-state index in [0.717, 1.165) is 32.4 Å². The van der Waals surface area contributed by atoms with E-state index < -0.39 is 12.0 Å². The van der Waals surface area contributed by atoms with E-state index in [-0.39, 0.29) is 11.4 Å². The minimum absolute atomic E-state index is 0.00736. The Hall–Kier alpha value is -0.910. The number of carboxylic acid groups (broad SMARTS) is 1. The summed E-state index contributed by atoms with van der Waals surface area (Å²) in [5, 5.41) is 9.27. The smallest absolute Gasteiger partial charge is 0.327 e. The quantitative estimate of drug-likeness (QED) is 0.844. The third-order valence-electron chi connectivity index (χ3n) is 4.00. The highest BCUT2D eigenvalue weighted by Gasteiger charge is 2.42. The van der Waals surface area contributed by atoms with E-state index in [2.05, 4.69) is 6.92 Å². The maximum Gasteiger partial charge on any atom is 0.327 e. The summed E-state index contributed by atoms with van der Waals surface area (Å²) in [6.45, 7) is 5.71. The van der Waals surface area contributed by atoms with E-state index in [0.29, 0.717) is 11.7 Å². The second-order valence-electron chi connectivity index (χ2n) is 5.41. The lowest BCUT2D eigenvalue weighted by Gasteiger charge is -2.36. The molecular weight excluding hydrogens is 264 g/mol. The second-order valence-corrected chi connectivity index (χ2v) is 6.62. The van der Waals surface area contributed by atoms with Crippen molar-refractivity contribution in [1.82, 2.24) is 9.80 Å². The number of carbonyl (C=O) groups excluding carboxylic acids is 1. The molecule has 108 valence electrons. The highest BCUT2D eigenvalue weighted by atomic mass is 32.2. The lowest BCUT2D eigenvalue weighted by Crippen LogP contribution is -2.53. The van der Waals surface area contributed by atoms with Crippen molar-refractivity contribution in [3.05, 3.63) is 0 Å². The van der Waals surface area contributed by atoms with Gasteiger partial charge in [-0.1, -0.05) is 13.8 Å². The fourth-order valence-corrected chi connectivity index (χ4v) is 4.03. The summed E-state index contributed by atoms with van der Waals surface area (Å²) in [6, 6.07) is -0.752. The van der Waals surface area contributed by atoms with E-state index in [1.54, 1.807) is 16.7 Å². The van der Waals surface area contributed by atoms with Gasteiger partial charge in [0.25, 0.3) is 0 Å². The summed E-state index contributed by atoms with van der Waals surface area (Å²) in [4.78, 5) is 27.3. The molecule has 2 aliphatic rings. The third-order valence-corrected chi connectivity index (χ3v) is 5.46. The van der Waals surface area contributed by atoms with Gasteiger partial charge in [0.05, 0.1) is 5.37 Å². The fraction of sp³-hybridized carbons (Fsp3) is 0.846. The number of piperidine rings is 1. The molecule has 6 heteroatoms. The van der Waals surface area contributed by atoms with Crippen LogP contribution in [0.25, 0.3) is 0 Å². The molecule has 0 spiro atoms. The molecular formula is C13H22N2O3S. The Bertz CT molecular complexity index is 356. The number of amides is 2. The number of hydrogen-bond donors (Lipinski definition) is 1. The SMILES string of the molecule is CCC1SCC(C(=O)O)N1C(=O)N1CCC(C)CC1. The number of carbonyl (C=O) groups is 2. The maximum absolute atomic E-state index is 12.6. The second kappa shape index (κ2) is 6.03. The van der Waals surface area contributed by atoms with Crippen molar-refractivity contribution in [3.63, 3.8) is 0 Å². The minimum atomic E-state index is -0.887. The number of likely N-dealkylation sites (tertiary alicyclic amines) is 1. The van der Waals surface area contributed by atoms with Gasteiger partial charge in [-0.3, -0.25) is 4.90 Å². The van der Waals surface area contributed by atoms with Crippen molar-refractivity contribution in [1.29, 1.82) is 0 Å². The molecule has 1 N–H and O–H groups in total. The van der Waals surface area contributed by atoms with Crippen molar-refractivity contribution in [2.45, 2.75) is 44.5 Å². The van der Waals surface area contributed by atoms with Gasteiger partial charge in [-0.2, -0.15) is 0 Å². The van der Waals surface area contributed by atoms with Crippen molar-refractivity contribution >= 4 is 23.8 Å². The zero-order chi connectivity index (χ0) is 14.0. The van der Waals surface area contributed by atoms with E-state index >= 15 is 0 Å². The number of carboxylic acids is 1. The molecule has 2 rings (SSSR count). The first-order chi connectivity index (χ1) is 9.04. The summed E-state index contributed by atoms with van der Waals surface area (Å²) in [5.41, 5.74) is 0. The molecule has 2 atom stereocenters. The van der Waals surface area contributed by atoms with E-state index in [4.69, 9.17) is 0 Å². The van der Waals surface area contributed by atoms with Crippen LogP contribution >= 0.6 is 11.8 Å². The summed E-state index contributed by atoms with van der Waals surface area (Å²) < 4.78 is 0. The fourth-order valence-electron chi connectivity index (χ4n) is 2.69. The zero-order valence-corrected chi connectivity index (χ0v) is 12.4. The third kappa shape index (κ3) is 2.99. The molecule has 2 saturated heterocycles. The predicted molar refractivity (Wildman–Crippen MR) is 75.2 cm³/mol. The first-order valence-corrected chi connectivity index (χ1v) is 8.01. The largest absolute Gasteiger partial charge is 0.480 e. The Balaban J connectivity index is 2.08. The van der Waals surface area contributed by atoms with E-state index in [1.807, 2.05) is 11.8 Å². The molecule has 2 unspecified atom stereocenters. The van der Waals surface area contributed by atoms with Gasteiger partial charge in [0, 0.05) is 18.8 Å². The average molecular weight is 286 g/mol. The Morgan fingerprint density at radius 1 is 1.32 bits per heavy atom. The number of aliphatic carboxylic acids is 1. The van der Waals surface area contributed by atoms with Crippen molar-refractivity contribution < 1.29 is 14.7 Å². The average Bonchev–Trinajstić information content (AvgIpc) is 2.82. The highest BCUT2D eigenvalue weighted by molar-refractivity contribution is 8.00. The van der Waals surface area contributed by atoms with Gasteiger partial charge < -0.3 is 10.0 Å². The minimum Gasteiger partial charge on any atom is -0.480 e. The lowest BCUT2D eigenvalue weighted by atomic mass is 9.99.